The number of imide groups is 1. The molecule has 3 rings (SSSR count). The molecule has 0 unspecified atom stereocenters. The van der Waals surface area contributed by atoms with Crippen molar-refractivity contribution in [2.45, 2.75) is 25.1 Å². The molecule has 0 saturated carbocycles. The van der Waals surface area contributed by atoms with Crippen LogP contribution in [0.3, 0.4) is 0 Å². The monoisotopic (exact) mass is 431 g/mol. The van der Waals surface area contributed by atoms with E-state index in [-0.39, 0.29) is 36.4 Å². The smallest absolute Gasteiger partial charge is 0.339 e. The van der Waals surface area contributed by atoms with Gasteiger partial charge in [-0.05, 0) is 37.1 Å². The molecule has 0 aliphatic carbocycles. The molecule has 1 aromatic rings. The second-order valence-corrected chi connectivity index (χ2v) is 7.06. The zero-order valence-corrected chi connectivity index (χ0v) is 15.7. The van der Waals surface area contributed by atoms with Gasteiger partial charge in [-0.2, -0.15) is 13.2 Å². The average molecular weight is 431 g/mol. The maximum atomic E-state index is 13.6. The number of urea groups is 1. The number of piperidine rings is 1. The Balaban J connectivity index is 1.56. The minimum absolute atomic E-state index is 0.0795. The summed E-state index contributed by atoms with van der Waals surface area (Å²) >= 11 is 0. The maximum Gasteiger partial charge on any atom is 0.406 e. The van der Waals surface area contributed by atoms with Crippen molar-refractivity contribution in [2.75, 3.05) is 26.2 Å². The predicted molar refractivity (Wildman–Crippen MR) is 94.9 cm³/mol. The Morgan fingerprint density at radius 3 is 2.43 bits per heavy atom. The maximum absolute atomic E-state index is 13.6. The minimum Gasteiger partial charge on any atom is -0.339 e. The molecule has 6 nitrogen and oxygen atoms in total. The van der Waals surface area contributed by atoms with Gasteiger partial charge in [0.2, 0.25) is 5.91 Å². The van der Waals surface area contributed by atoms with Gasteiger partial charge in [-0.3, -0.25) is 14.5 Å². The number of alkyl halides is 3. The van der Waals surface area contributed by atoms with E-state index in [0.717, 1.165) is 35.3 Å². The Hall–Kier alpha value is -2.98. The van der Waals surface area contributed by atoms with Crippen molar-refractivity contribution in [3.05, 3.63) is 41.5 Å². The summed E-state index contributed by atoms with van der Waals surface area (Å²) in [6.07, 6.45) is -1.84. The first kappa shape index (κ1) is 21.7. The fourth-order valence-corrected chi connectivity index (χ4v) is 3.49. The van der Waals surface area contributed by atoms with Crippen LogP contribution in [0, 0.1) is 11.6 Å². The van der Waals surface area contributed by atoms with Gasteiger partial charge in [0.1, 0.15) is 24.7 Å². The normalized spacial score (nSPS) is 18.8. The van der Waals surface area contributed by atoms with Crippen LogP contribution < -0.4 is 0 Å². The van der Waals surface area contributed by atoms with Crippen LogP contribution in [0.1, 0.15) is 18.4 Å². The van der Waals surface area contributed by atoms with E-state index in [4.69, 9.17) is 0 Å². The number of nitrogens with zero attached hydrogens (tertiary/aromatic N) is 3. The fourth-order valence-electron chi connectivity index (χ4n) is 3.49. The fraction of sp³-hybridized carbons (Fsp3) is 0.421. The number of amides is 4. The molecule has 11 heteroatoms. The topological polar surface area (TPSA) is 60.9 Å². The predicted octanol–water partition coefficient (Wildman–Crippen LogP) is 2.80. The standard InChI is InChI=1S/C19H18F5N3O3/c20-13-2-3-15(21)12(9-13)1-4-16(28)25-7-5-14(6-8-25)26-10-17(29)27(18(26)30)11-19(22,23)24/h1-4,9,14H,5-8,10-11H2/b4-1+. The molecule has 2 aliphatic heterocycles. The van der Waals surface area contributed by atoms with Crippen LogP contribution in [-0.4, -0.2) is 70.9 Å². The van der Waals surface area contributed by atoms with Gasteiger partial charge in [0.15, 0.2) is 0 Å². The van der Waals surface area contributed by atoms with E-state index in [0.29, 0.717) is 0 Å². The second-order valence-electron chi connectivity index (χ2n) is 7.06. The van der Waals surface area contributed by atoms with Gasteiger partial charge in [0.25, 0.3) is 5.91 Å². The van der Waals surface area contributed by atoms with Crippen molar-refractivity contribution < 1.29 is 36.3 Å². The third-order valence-electron chi connectivity index (χ3n) is 5.00. The van der Waals surface area contributed by atoms with Crippen LogP contribution in [0.2, 0.25) is 0 Å². The first-order valence-corrected chi connectivity index (χ1v) is 9.15. The highest BCUT2D eigenvalue weighted by Gasteiger charge is 2.45. The Bertz CT molecular complexity index is 879. The molecule has 0 radical (unpaired) electrons. The number of halogens is 5. The van der Waals surface area contributed by atoms with Crippen molar-refractivity contribution in [3.63, 3.8) is 0 Å². The summed E-state index contributed by atoms with van der Waals surface area (Å²) in [7, 11) is 0. The molecule has 0 atom stereocenters. The first-order valence-electron chi connectivity index (χ1n) is 9.15. The third kappa shape index (κ3) is 4.95. The quantitative estimate of drug-likeness (QED) is 0.419. The average Bonchev–Trinajstić information content (AvgIpc) is 2.95. The molecule has 0 aromatic heterocycles. The van der Waals surface area contributed by atoms with E-state index in [2.05, 4.69) is 0 Å². The summed E-state index contributed by atoms with van der Waals surface area (Å²) in [4.78, 5) is 39.0. The van der Waals surface area contributed by atoms with E-state index < -0.39 is 54.8 Å². The first-order chi connectivity index (χ1) is 14.0. The largest absolute Gasteiger partial charge is 0.406 e. The lowest BCUT2D eigenvalue weighted by Gasteiger charge is -2.35. The molecular weight excluding hydrogens is 413 g/mol. The summed E-state index contributed by atoms with van der Waals surface area (Å²) in [6, 6.07) is 1.41. The molecule has 30 heavy (non-hydrogen) atoms. The summed E-state index contributed by atoms with van der Waals surface area (Å²) in [5.41, 5.74) is -0.0795. The van der Waals surface area contributed by atoms with Crippen molar-refractivity contribution in [2.24, 2.45) is 0 Å². The Morgan fingerprint density at radius 2 is 1.80 bits per heavy atom. The molecule has 0 spiro atoms. The lowest BCUT2D eigenvalue weighted by molar-refractivity contribution is -0.151. The van der Waals surface area contributed by atoms with Crippen LogP contribution in [0.5, 0.6) is 0 Å². The van der Waals surface area contributed by atoms with Crippen molar-refractivity contribution in [3.8, 4) is 0 Å². The van der Waals surface area contributed by atoms with Gasteiger partial charge in [0, 0.05) is 30.8 Å². The Kier molecular flexibility index (Phi) is 6.09. The van der Waals surface area contributed by atoms with E-state index in [1.54, 1.807) is 0 Å². The van der Waals surface area contributed by atoms with Crippen molar-refractivity contribution in [1.29, 1.82) is 0 Å². The number of carbonyl (C=O) groups excluding carboxylic acids is 3. The van der Waals surface area contributed by atoms with Crippen molar-refractivity contribution in [1.82, 2.24) is 14.7 Å². The lowest BCUT2D eigenvalue weighted by atomic mass is 10.0. The molecule has 4 amide bonds. The molecule has 2 heterocycles. The highest BCUT2D eigenvalue weighted by atomic mass is 19.4. The Labute approximate surface area is 168 Å². The van der Waals surface area contributed by atoms with Gasteiger partial charge < -0.3 is 9.80 Å². The van der Waals surface area contributed by atoms with E-state index >= 15 is 0 Å². The van der Waals surface area contributed by atoms with E-state index in [1.807, 2.05) is 0 Å². The zero-order chi connectivity index (χ0) is 22.1. The van der Waals surface area contributed by atoms with E-state index in [1.165, 1.54) is 4.90 Å². The number of hydrogen-bond donors (Lipinski definition) is 0. The molecule has 1 aromatic carbocycles. The number of carbonyl (C=O) groups is 3. The number of hydrogen-bond acceptors (Lipinski definition) is 3. The van der Waals surface area contributed by atoms with Gasteiger partial charge in [-0.15, -0.1) is 0 Å². The van der Waals surface area contributed by atoms with Crippen LogP contribution in [0.25, 0.3) is 6.08 Å². The zero-order valence-electron chi connectivity index (χ0n) is 15.7. The molecule has 2 fully saturated rings. The van der Waals surface area contributed by atoms with Crippen LogP contribution in [-0.2, 0) is 9.59 Å². The summed E-state index contributed by atoms with van der Waals surface area (Å²) in [6.45, 7) is -1.64. The number of benzene rings is 1. The molecule has 0 bridgehead atoms. The third-order valence-corrected chi connectivity index (χ3v) is 5.00. The second kappa shape index (κ2) is 8.41. The minimum atomic E-state index is -4.68. The summed E-state index contributed by atoms with van der Waals surface area (Å²) < 4.78 is 64.4. The van der Waals surface area contributed by atoms with Gasteiger partial charge in [0.05, 0.1) is 0 Å². The highest BCUT2D eigenvalue weighted by molar-refractivity contribution is 6.02. The van der Waals surface area contributed by atoms with Crippen LogP contribution >= 0.6 is 0 Å². The summed E-state index contributed by atoms with van der Waals surface area (Å²) in [5, 5.41) is 0. The molecule has 162 valence electrons. The molecule has 2 aliphatic rings. The van der Waals surface area contributed by atoms with Crippen LogP contribution in [0.15, 0.2) is 24.3 Å². The van der Waals surface area contributed by atoms with Gasteiger partial charge >= 0.3 is 12.2 Å². The SMILES string of the molecule is O=C(/C=C/c1cc(F)ccc1F)N1CCC(N2CC(=O)N(CC(F)(F)F)C2=O)CC1. The highest BCUT2D eigenvalue weighted by Crippen LogP contribution is 2.25. The van der Waals surface area contributed by atoms with Gasteiger partial charge in [-0.1, -0.05) is 0 Å². The van der Waals surface area contributed by atoms with Gasteiger partial charge in [-0.25, -0.2) is 13.6 Å². The molecule has 2 saturated heterocycles. The number of rotatable bonds is 4. The lowest BCUT2D eigenvalue weighted by Crippen LogP contribution is -2.48. The summed E-state index contributed by atoms with van der Waals surface area (Å²) in [5.74, 6) is -2.68. The molecule has 0 N–H and O–H groups in total. The Morgan fingerprint density at radius 1 is 1.13 bits per heavy atom. The van der Waals surface area contributed by atoms with E-state index in [9.17, 15) is 36.3 Å². The van der Waals surface area contributed by atoms with Crippen LogP contribution in [0.4, 0.5) is 26.7 Å². The number of likely N-dealkylation sites (tertiary alicyclic amines) is 1. The van der Waals surface area contributed by atoms with Crippen molar-refractivity contribution >= 4 is 23.9 Å². The molecular formula is C19H18F5N3O3.